The van der Waals surface area contributed by atoms with Gasteiger partial charge in [-0.05, 0) is 22.6 Å². The highest BCUT2D eigenvalue weighted by Crippen LogP contribution is 2.38. The van der Waals surface area contributed by atoms with Crippen molar-refractivity contribution in [2.75, 3.05) is 19.7 Å². The monoisotopic (exact) mass is 576 g/mol. The van der Waals surface area contributed by atoms with Crippen LogP contribution in [-0.4, -0.2) is 80.1 Å². The second-order valence-corrected chi connectivity index (χ2v) is 9.65. The summed E-state index contributed by atoms with van der Waals surface area (Å²) < 4.78 is 50.4. The number of alkyl halides is 2. The number of urea groups is 1. The van der Waals surface area contributed by atoms with Gasteiger partial charge in [0.25, 0.3) is 5.92 Å². The van der Waals surface area contributed by atoms with Crippen molar-refractivity contribution in [2.24, 2.45) is 0 Å². The molecule has 0 spiro atoms. The van der Waals surface area contributed by atoms with Crippen molar-refractivity contribution in [2.45, 2.75) is 30.5 Å². The molecule has 1 aromatic carbocycles. The Labute approximate surface area is 189 Å². The summed E-state index contributed by atoms with van der Waals surface area (Å²) in [6.07, 6.45) is -4.81. The van der Waals surface area contributed by atoms with Gasteiger partial charge >= 0.3 is 13.9 Å². The highest BCUT2D eigenvalue weighted by Gasteiger charge is 2.49. The molecule has 0 bridgehead atoms. The molecule has 0 aliphatic carbocycles. The molecule has 1 unspecified atom stereocenters. The van der Waals surface area contributed by atoms with Crippen LogP contribution in [0.15, 0.2) is 40.1 Å². The Kier molecular flexibility index (Phi) is 7.38. The summed E-state index contributed by atoms with van der Waals surface area (Å²) in [6.45, 7) is -1.77. The Morgan fingerprint density at radius 3 is 2.48 bits per heavy atom. The van der Waals surface area contributed by atoms with Crippen molar-refractivity contribution >= 4 is 36.4 Å². The van der Waals surface area contributed by atoms with Crippen molar-refractivity contribution in [1.82, 2.24) is 9.80 Å². The van der Waals surface area contributed by atoms with E-state index < -0.39 is 57.5 Å². The van der Waals surface area contributed by atoms with Crippen LogP contribution in [0.1, 0.15) is 5.56 Å². The third-order valence-corrected chi connectivity index (χ3v) is 5.82. The topological polar surface area (TPSA) is 140 Å². The number of ether oxygens (including phenoxy) is 1. The first kappa shape index (κ1) is 24.5. The summed E-state index contributed by atoms with van der Waals surface area (Å²) in [5, 5.41) is 20.4. The normalized spacial score (nSPS) is 27.6. The zero-order valence-corrected chi connectivity index (χ0v) is 18.8. The van der Waals surface area contributed by atoms with Gasteiger partial charge in [-0.2, -0.15) is 8.78 Å². The minimum atomic E-state index is -4.86. The van der Waals surface area contributed by atoms with Crippen molar-refractivity contribution in [3.8, 4) is 0 Å². The first-order valence-corrected chi connectivity index (χ1v) is 11.6. The molecule has 3 rings (SSSR count). The lowest BCUT2D eigenvalue weighted by atomic mass is 10.1. The highest BCUT2D eigenvalue weighted by molar-refractivity contribution is 14.1. The molecular formula is C17H20F2IN2O8P. The van der Waals surface area contributed by atoms with Gasteiger partial charge in [0.2, 0.25) is 0 Å². The Morgan fingerprint density at radius 1 is 1.23 bits per heavy atom. The van der Waals surface area contributed by atoms with Crippen LogP contribution < -0.4 is 0 Å². The van der Waals surface area contributed by atoms with Crippen LogP contribution in [0.2, 0.25) is 0 Å². The van der Waals surface area contributed by atoms with Crippen LogP contribution in [0, 0.1) is 0 Å². The molecule has 2 aliphatic heterocycles. The second kappa shape index (κ2) is 9.35. The van der Waals surface area contributed by atoms with Gasteiger partial charge in [0, 0.05) is 15.3 Å². The lowest BCUT2D eigenvalue weighted by Gasteiger charge is -2.38. The number of phosphoric acid groups is 1. The molecule has 1 fully saturated rings. The number of phosphoric ester groups is 1. The summed E-state index contributed by atoms with van der Waals surface area (Å²) in [5.41, 5.74) is -0.263. The fraction of sp³-hybridized carbons (Fsp3) is 0.471. The third kappa shape index (κ3) is 5.79. The summed E-state index contributed by atoms with van der Waals surface area (Å²) >= 11 is 1.85. The number of carbonyl (C=O) groups excluding carboxylic acids is 1. The summed E-state index contributed by atoms with van der Waals surface area (Å²) in [7, 11) is -4.86. The summed E-state index contributed by atoms with van der Waals surface area (Å²) in [5.74, 6) is -3.34. The fourth-order valence-corrected chi connectivity index (χ4v) is 4.30. The average Bonchev–Trinajstić information content (AvgIpc) is 2.97. The predicted octanol–water partition coefficient (Wildman–Crippen LogP) is 1.35. The van der Waals surface area contributed by atoms with E-state index >= 15 is 0 Å². The predicted molar refractivity (Wildman–Crippen MR) is 110 cm³/mol. The number of aliphatic hydroxyl groups excluding tert-OH is 2. The number of hydrogen-bond donors (Lipinski definition) is 4. The second-order valence-electron chi connectivity index (χ2n) is 7.02. The van der Waals surface area contributed by atoms with E-state index in [9.17, 15) is 28.4 Å². The third-order valence-electron chi connectivity index (χ3n) is 4.72. The Morgan fingerprint density at radius 2 is 1.87 bits per heavy atom. The molecule has 0 aromatic heterocycles. The quantitative estimate of drug-likeness (QED) is 0.282. The smallest absolute Gasteiger partial charge is 0.387 e. The van der Waals surface area contributed by atoms with E-state index in [1.165, 1.54) is 30.5 Å². The standard InChI is InChI=1S/C17H20F2IN2O8P/c18-17(19,10-4-2-1-3-5-10)9-21-6-11(20)7-22(16(21)25)15-14(24)13(23)12(30-15)8-29-31(26,27)28/h1-5,7,12-15,23-24H,6,8-9H2,(H2,26,27,28)/t12-,13+,14?,15-/m1/s1. The van der Waals surface area contributed by atoms with E-state index in [4.69, 9.17) is 14.5 Å². The zero-order chi connectivity index (χ0) is 23.0. The average molecular weight is 576 g/mol. The number of amides is 2. The largest absolute Gasteiger partial charge is 0.469 e. The molecule has 2 amide bonds. The van der Waals surface area contributed by atoms with Gasteiger partial charge in [-0.15, -0.1) is 0 Å². The Balaban J connectivity index is 1.75. The molecule has 0 saturated carbocycles. The summed E-state index contributed by atoms with van der Waals surface area (Å²) in [4.78, 5) is 32.2. The SMILES string of the molecule is O=C1N(CC(F)(F)c2ccccc2)CC(I)=CN1[C@@H]1O[C@H](COP(=O)(O)O)[C@H](O)C1O. The fourth-order valence-electron chi connectivity index (χ4n) is 3.25. The minimum Gasteiger partial charge on any atom is -0.387 e. The highest BCUT2D eigenvalue weighted by atomic mass is 127. The number of aliphatic hydroxyl groups is 2. The van der Waals surface area contributed by atoms with Gasteiger partial charge in [-0.25, -0.2) is 9.36 Å². The van der Waals surface area contributed by atoms with Crippen molar-refractivity contribution in [3.05, 3.63) is 45.7 Å². The van der Waals surface area contributed by atoms with Crippen molar-refractivity contribution in [1.29, 1.82) is 0 Å². The number of nitrogens with zero attached hydrogens (tertiary/aromatic N) is 2. The molecule has 2 heterocycles. The van der Waals surface area contributed by atoms with Crippen LogP contribution >= 0.6 is 30.4 Å². The lowest BCUT2D eigenvalue weighted by Crippen LogP contribution is -2.54. The maximum absolute atomic E-state index is 14.7. The zero-order valence-electron chi connectivity index (χ0n) is 15.8. The van der Waals surface area contributed by atoms with Gasteiger partial charge in [0.1, 0.15) is 18.3 Å². The van der Waals surface area contributed by atoms with E-state index in [0.717, 1.165) is 9.80 Å². The number of carbonyl (C=O) groups is 1. The molecular weight excluding hydrogens is 556 g/mol. The molecule has 4 atom stereocenters. The molecule has 31 heavy (non-hydrogen) atoms. The van der Waals surface area contributed by atoms with Gasteiger partial charge in [-0.3, -0.25) is 9.42 Å². The van der Waals surface area contributed by atoms with Crippen molar-refractivity contribution < 1.29 is 47.4 Å². The maximum atomic E-state index is 14.7. The van der Waals surface area contributed by atoms with Crippen molar-refractivity contribution in [3.63, 3.8) is 0 Å². The number of halogens is 3. The molecule has 1 aromatic rings. The maximum Gasteiger partial charge on any atom is 0.469 e. The van der Waals surface area contributed by atoms with Gasteiger partial charge in [0.05, 0.1) is 19.7 Å². The van der Waals surface area contributed by atoms with Gasteiger partial charge in [-0.1, -0.05) is 30.3 Å². The summed E-state index contributed by atoms with van der Waals surface area (Å²) in [6, 6.07) is 6.12. The van der Waals surface area contributed by atoms with Crippen LogP contribution in [0.5, 0.6) is 0 Å². The van der Waals surface area contributed by atoms with E-state index in [0.29, 0.717) is 3.58 Å². The van der Waals surface area contributed by atoms with E-state index in [-0.39, 0.29) is 12.1 Å². The number of benzene rings is 1. The van der Waals surface area contributed by atoms with Gasteiger partial charge < -0.3 is 29.6 Å². The molecule has 172 valence electrons. The molecule has 0 radical (unpaired) electrons. The molecule has 14 heteroatoms. The molecule has 1 saturated heterocycles. The molecule has 4 N–H and O–H groups in total. The van der Waals surface area contributed by atoms with Crippen LogP contribution in [0.3, 0.4) is 0 Å². The molecule has 2 aliphatic rings. The van der Waals surface area contributed by atoms with E-state index in [1.807, 2.05) is 22.6 Å². The lowest BCUT2D eigenvalue weighted by molar-refractivity contribution is -0.0761. The van der Waals surface area contributed by atoms with Gasteiger partial charge in [0.15, 0.2) is 6.23 Å². The number of rotatable bonds is 7. The Hall–Kier alpha value is -1.19. The number of hydrogen-bond acceptors (Lipinski definition) is 6. The van der Waals surface area contributed by atoms with Crippen LogP contribution in [0.4, 0.5) is 13.6 Å². The van der Waals surface area contributed by atoms with E-state index in [1.54, 1.807) is 6.07 Å². The first-order chi connectivity index (χ1) is 14.4. The molecule has 10 nitrogen and oxygen atoms in total. The van der Waals surface area contributed by atoms with E-state index in [2.05, 4.69) is 4.52 Å². The van der Waals surface area contributed by atoms with Crippen LogP contribution in [0.25, 0.3) is 0 Å². The Bertz CT molecular complexity index is 886. The minimum absolute atomic E-state index is 0.0889. The van der Waals surface area contributed by atoms with Crippen LogP contribution in [-0.2, 0) is 19.7 Å². The first-order valence-electron chi connectivity index (χ1n) is 8.97.